The Kier molecular flexibility index (Phi) is 4.24. The second-order valence-electron chi connectivity index (χ2n) is 3.50. The number of rotatable bonds is 4. The van der Waals surface area contributed by atoms with Gasteiger partial charge in [0.25, 0.3) is 0 Å². The van der Waals surface area contributed by atoms with Crippen LogP contribution in [0, 0.1) is 5.82 Å². The molecule has 94 valence electrons. The minimum absolute atomic E-state index is 0.0188. The first-order valence-corrected chi connectivity index (χ1v) is 6.96. The van der Waals surface area contributed by atoms with E-state index >= 15 is 0 Å². The Hall–Kier alpha value is -0.980. The van der Waals surface area contributed by atoms with Crippen LogP contribution in [-0.4, -0.2) is 27.0 Å². The summed E-state index contributed by atoms with van der Waals surface area (Å²) in [6.07, 6.45) is 0.895. The molecule has 0 amide bonds. The molecule has 17 heavy (non-hydrogen) atoms. The Morgan fingerprint density at radius 2 is 2.06 bits per heavy atom. The Bertz CT molecular complexity index is 534. The van der Waals surface area contributed by atoms with Gasteiger partial charge in [-0.2, -0.15) is 0 Å². The Morgan fingerprint density at radius 1 is 1.47 bits per heavy atom. The van der Waals surface area contributed by atoms with E-state index < -0.39 is 20.5 Å². The van der Waals surface area contributed by atoms with Crippen LogP contribution in [0.4, 0.5) is 4.39 Å². The van der Waals surface area contributed by atoms with E-state index in [0.717, 1.165) is 18.4 Å². The molecule has 0 saturated heterocycles. The number of benzene rings is 1. The summed E-state index contributed by atoms with van der Waals surface area (Å²) in [7, 11) is -3.76. The van der Waals surface area contributed by atoms with Gasteiger partial charge in [-0.15, -0.1) is 0 Å². The van der Waals surface area contributed by atoms with Crippen LogP contribution in [0.3, 0.4) is 0 Å². The first-order chi connectivity index (χ1) is 7.77. The molecular weight excluding hydrogens is 269 g/mol. The van der Waals surface area contributed by atoms with Crippen molar-refractivity contribution in [2.24, 2.45) is 5.73 Å². The largest absolute Gasteiger partial charge is 0.330 e. The Morgan fingerprint density at radius 3 is 2.47 bits per heavy atom. The van der Waals surface area contributed by atoms with Gasteiger partial charge in [0.15, 0.2) is 15.6 Å². The highest BCUT2D eigenvalue weighted by Gasteiger charge is 2.20. The summed E-state index contributed by atoms with van der Waals surface area (Å²) in [5.74, 6) is -1.41. The van der Waals surface area contributed by atoms with E-state index in [1.54, 1.807) is 0 Å². The molecular formula is C10H11ClFNO3S. The highest BCUT2D eigenvalue weighted by atomic mass is 35.5. The predicted octanol–water partition coefficient (Wildman–Crippen LogP) is 1.41. The summed E-state index contributed by atoms with van der Waals surface area (Å²) in [5.41, 5.74) is 5.22. The first kappa shape index (κ1) is 14.1. The van der Waals surface area contributed by atoms with Crippen LogP contribution in [0.2, 0.25) is 5.02 Å². The number of sulfone groups is 1. The lowest BCUT2D eigenvalue weighted by Crippen LogP contribution is -2.10. The zero-order valence-corrected chi connectivity index (χ0v) is 10.6. The smallest absolute Gasteiger partial charge is 0.179 e. The third-order valence-corrected chi connectivity index (χ3v) is 3.63. The molecule has 0 fully saturated rings. The van der Waals surface area contributed by atoms with Gasteiger partial charge in [-0.05, 0) is 18.7 Å². The van der Waals surface area contributed by atoms with Crippen LogP contribution in [0.1, 0.15) is 16.8 Å². The fourth-order valence-electron chi connectivity index (χ4n) is 1.35. The van der Waals surface area contributed by atoms with Crippen molar-refractivity contribution in [3.63, 3.8) is 0 Å². The number of hydrogen-bond donors (Lipinski definition) is 1. The molecule has 7 heteroatoms. The van der Waals surface area contributed by atoms with E-state index in [1.807, 2.05) is 0 Å². The molecule has 0 unspecified atom stereocenters. The number of nitrogens with two attached hydrogens (primary N) is 1. The van der Waals surface area contributed by atoms with Gasteiger partial charge in [-0.25, -0.2) is 12.8 Å². The normalized spacial score (nSPS) is 11.5. The first-order valence-electron chi connectivity index (χ1n) is 4.69. The van der Waals surface area contributed by atoms with Crippen molar-refractivity contribution in [3.05, 3.63) is 28.5 Å². The Labute approximate surface area is 103 Å². The summed E-state index contributed by atoms with van der Waals surface area (Å²) in [4.78, 5) is 10.9. The van der Waals surface area contributed by atoms with Crippen LogP contribution in [-0.2, 0) is 9.84 Å². The van der Waals surface area contributed by atoms with Crippen molar-refractivity contribution in [1.29, 1.82) is 0 Å². The zero-order valence-electron chi connectivity index (χ0n) is 9.04. The van der Waals surface area contributed by atoms with Gasteiger partial charge in [0.05, 0.1) is 5.02 Å². The molecule has 1 aromatic rings. The van der Waals surface area contributed by atoms with Crippen molar-refractivity contribution in [2.75, 3.05) is 12.8 Å². The number of ketones is 1. The average Bonchev–Trinajstić information content (AvgIpc) is 2.14. The summed E-state index contributed by atoms with van der Waals surface area (Å²) < 4.78 is 36.1. The molecule has 0 heterocycles. The summed E-state index contributed by atoms with van der Waals surface area (Å²) in [6, 6.07) is 2.00. The maximum atomic E-state index is 13.6. The highest BCUT2D eigenvalue weighted by Crippen LogP contribution is 2.26. The maximum absolute atomic E-state index is 13.6. The van der Waals surface area contributed by atoms with Crippen LogP contribution < -0.4 is 5.73 Å². The van der Waals surface area contributed by atoms with Gasteiger partial charge >= 0.3 is 0 Å². The van der Waals surface area contributed by atoms with Gasteiger partial charge in [0.1, 0.15) is 10.7 Å². The molecule has 0 saturated carbocycles. The molecule has 0 atom stereocenters. The molecule has 0 aliphatic rings. The molecule has 0 aromatic heterocycles. The average molecular weight is 280 g/mol. The van der Waals surface area contributed by atoms with E-state index in [0.29, 0.717) is 0 Å². The monoisotopic (exact) mass is 279 g/mol. The van der Waals surface area contributed by atoms with Crippen molar-refractivity contribution in [1.82, 2.24) is 0 Å². The fraction of sp³-hybridized carbons (Fsp3) is 0.300. The van der Waals surface area contributed by atoms with Gasteiger partial charge in [-0.1, -0.05) is 11.6 Å². The van der Waals surface area contributed by atoms with Gasteiger partial charge in [0.2, 0.25) is 0 Å². The quantitative estimate of drug-likeness (QED) is 0.846. The van der Waals surface area contributed by atoms with E-state index in [9.17, 15) is 17.6 Å². The molecule has 1 rings (SSSR count). The highest BCUT2D eigenvalue weighted by molar-refractivity contribution is 7.90. The van der Waals surface area contributed by atoms with Gasteiger partial charge in [0, 0.05) is 18.2 Å². The fourth-order valence-corrected chi connectivity index (χ4v) is 2.81. The summed E-state index contributed by atoms with van der Waals surface area (Å²) >= 11 is 5.66. The topological polar surface area (TPSA) is 77.2 Å². The molecule has 2 N–H and O–H groups in total. The van der Waals surface area contributed by atoms with Crippen LogP contribution in [0.15, 0.2) is 17.0 Å². The van der Waals surface area contributed by atoms with E-state index in [2.05, 4.69) is 0 Å². The molecule has 0 radical (unpaired) electrons. The van der Waals surface area contributed by atoms with Gasteiger partial charge < -0.3 is 5.73 Å². The third-order valence-electron chi connectivity index (χ3n) is 2.06. The lowest BCUT2D eigenvalue weighted by atomic mass is 10.1. The maximum Gasteiger partial charge on any atom is 0.179 e. The van der Waals surface area contributed by atoms with Crippen LogP contribution in [0.5, 0.6) is 0 Å². The number of carbonyl (C=O) groups excluding carboxylic acids is 1. The van der Waals surface area contributed by atoms with Crippen LogP contribution in [0.25, 0.3) is 0 Å². The second-order valence-corrected chi connectivity index (χ2v) is 5.86. The Balaban J connectivity index is 3.33. The van der Waals surface area contributed by atoms with E-state index in [-0.39, 0.29) is 29.3 Å². The number of Topliss-reactive ketones (excluding diaryl/α,β-unsaturated/α-hetero) is 1. The van der Waals surface area contributed by atoms with Crippen molar-refractivity contribution in [2.45, 2.75) is 11.3 Å². The molecule has 0 aliphatic heterocycles. The second kappa shape index (κ2) is 5.12. The van der Waals surface area contributed by atoms with Crippen molar-refractivity contribution >= 4 is 27.2 Å². The SMILES string of the molecule is CS(=O)(=O)c1c(F)cc(C(=O)CCN)cc1Cl. The standard InChI is InChI=1S/C10H11ClFNO3S/c1-17(15,16)10-7(11)4-6(5-8(10)12)9(14)2-3-13/h4-5H,2-3,13H2,1H3. The van der Waals surface area contributed by atoms with E-state index in [1.165, 1.54) is 0 Å². The molecule has 0 spiro atoms. The minimum Gasteiger partial charge on any atom is -0.330 e. The number of hydrogen-bond acceptors (Lipinski definition) is 4. The van der Waals surface area contributed by atoms with Crippen molar-refractivity contribution in [3.8, 4) is 0 Å². The molecule has 4 nitrogen and oxygen atoms in total. The molecule has 0 bridgehead atoms. The van der Waals surface area contributed by atoms with Gasteiger partial charge in [-0.3, -0.25) is 4.79 Å². The summed E-state index contributed by atoms with van der Waals surface area (Å²) in [5, 5.41) is -0.298. The van der Waals surface area contributed by atoms with E-state index in [4.69, 9.17) is 17.3 Å². The zero-order chi connectivity index (χ0) is 13.2. The number of carbonyl (C=O) groups is 1. The minimum atomic E-state index is -3.76. The predicted molar refractivity (Wildman–Crippen MR) is 62.5 cm³/mol. The molecule has 1 aromatic carbocycles. The molecule has 0 aliphatic carbocycles. The number of halogens is 2. The lowest BCUT2D eigenvalue weighted by Gasteiger charge is -2.06. The lowest BCUT2D eigenvalue weighted by molar-refractivity contribution is 0.0985. The van der Waals surface area contributed by atoms with Crippen LogP contribution >= 0.6 is 11.6 Å². The third kappa shape index (κ3) is 3.24. The summed E-state index contributed by atoms with van der Waals surface area (Å²) in [6.45, 7) is 0.131. The van der Waals surface area contributed by atoms with Crippen molar-refractivity contribution < 1.29 is 17.6 Å².